The highest BCUT2D eigenvalue weighted by atomic mass is 16.5. The van der Waals surface area contributed by atoms with Crippen molar-refractivity contribution in [1.82, 2.24) is 9.80 Å². The van der Waals surface area contributed by atoms with Gasteiger partial charge in [0.05, 0.1) is 11.6 Å². The highest BCUT2D eigenvalue weighted by Crippen LogP contribution is 2.33. The van der Waals surface area contributed by atoms with Crippen molar-refractivity contribution in [2.75, 3.05) is 26.2 Å². The lowest BCUT2D eigenvalue weighted by Crippen LogP contribution is -2.47. The maximum absolute atomic E-state index is 12.8. The molecule has 0 unspecified atom stereocenters. The SMILES string of the molecule is N#Cc1ccc(O[C@H]2C[C@H](C(=O)N3CCCN(C4CCC4)CC3)C2)cc1. The largest absolute Gasteiger partial charge is 0.490 e. The van der Waals surface area contributed by atoms with Gasteiger partial charge in [0.15, 0.2) is 0 Å². The second-order valence-corrected chi connectivity index (χ2v) is 7.84. The molecule has 4 rings (SSSR count). The lowest BCUT2D eigenvalue weighted by atomic mass is 9.81. The summed E-state index contributed by atoms with van der Waals surface area (Å²) in [6, 6.07) is 10.1. The minimum absolute atomic E-state index is 0.119. The summed E-state index contributed by atoms with van der Waals surface area (Å²) in [5.41, 5.74) is 0.635. The average Bonchev–Trinajstić information content (AvgIpc) is 2.82. The molecular formula is C21H27N3O2. The van der Waals surface area contributed by atoms with Crippen LogP contribution in [0.2, 0.25) is 0 Å². The van der Waals surface area contributed by atoms with Crippen molar-refractivity contribution in [2.45, 2.75) is 50.7 Å². The van der Waals surface area contributed by atoms with Crippen molar-refractivity contribution in [2.24, 2.45) is 5.92 Å². The van der Waals surface area contributed by atoms with E-state index >= 15 is 0 Å². The van der Waals surface area contributed by atoms with Crippen LogP contribution < -0.4 is 4.74 Å². The van der Waals surface area contributed by atoms with Gasteiger partial charge in [-0.25, -0.2) is 0 Å². The first kappa shape index (κ1) is 17.4. The Labute approximate surface area is 155 Å². The van der Waals surface area contributed by atoms with Gasteiger partial charge in [-0.3, -0.25) is 9.69 Å². The van der Waals surface area contributed by atoms with Crippen LogP contribution in [-0.2, 0) is 4.79 Å². The average molecular weight is 353 g/mol. The number of nitriles is 1. The zero-order chi connectivity index (χ0) is 17.9. The molecule has 1 amide bonds. The number of benzene rings is 1. The van der Waals surface area contributed by atoms with Crippen molar-refractivity contribution < 1.29 is 9.53 Å². The molecule has 5 nitrogen and oxygen atoms in total. The Morgan fingerprint density at radius 3 is 2.46 bits per heavy atom. The molecule has 2 aliphatic carbocycles. The third-order valence-corrected chi connectivity index (χ3v) is 6.16. The van der Waals surface area contributed by atoms with E-state index in [1.165, 1.54) is 19.3 Å². The second-order valence-electron chi connectivity index (χ2n) is 7.84. The molecule has 0 N–H and O–H groups in total. The van der Waals surface area contributed by atoms with Gasteiger partial charge in [-0.05, 0) is 56.4 Å². The van der Waals surface area contributed by atoms with Crippen molar-refractivity contribution in [3.63, 3.8) is 0 Å². The summed E-state index contributed by atoms with van der Waals surface area (Å²) in [7, 11) is 0. The van der Waals surface area contributed by atoms with Gasteiger partial charge in [0, 0.05) is 38.1 Å². The molecule has 1 heterocycles. The normalized spacial score (nSPS) is 27.0. The van der Waals surface area contributed by atoms with Crippen LogP contribution in [0.25, 0.3) is 0 Å². The minimum Gasteiger partial charge on any atom is -0.490 e. The molecule has 3 fully saturated rings. The predicted molar refractivity (Wildman–Crippen MR) is 98.7 cm³/mol. The number of rotatable bonds is 4. The number of amides is 1. The second kappa shape index (κ2) is 7.67. The number of carbonyl (C=O) groups is 1. The topological polar surface area (TPSA) is 56.6 Å². The molecule has 3 aliphatic rings. The molecule has 1 aromatic rings. The zero-order valence-electron chi connectivity index (χ0n) is 15.3. The van der Waals surface area contributed by atoms with Crippen molar-refractivity contribution >= 4 is 5.91 Å². The molecule has 1 aliphatic heterocycles. The van der Waals surface area contributed by atoms with Crippen molar-refractivity contribution in [3.8, 4) is 11.8 Å². The van der Waals surface area contributed by atoms with Gasteiger partial charge in [0.1, 0.15) is 11.9 Å². The molecule has 138 valence electrons. The van der Waals surface area contributed by atoms with Crippen molar-refractivity contribution in [3.05, 3.63) is 29.8 Å². The summed E-state index contributed by atoms with van der Waals surface area (Å²) in [4.78, 5) is 17.5. The summed E-state index contributed by atoms with van der Waals surface area (Å²) in [6.07, 6.45) is 6.88. The summed E-state index contributed by atoms with van der Waals surface area (Å²) in [5, 5.41) is 8.84. The van der Waals surface area contributed by atoms with Crippen LogP contribution in [0.4, 0.5) is 0 Å². The van der Waals surface area contributed by atoms with Gasteiger partial charge in [-0.15, -0.1) is 0 Å². The summed E-state index contributed by atoms with van der Waals surface area (Å²) < 4.78 is 5.92. The van der Waals surface area contributed by atoms with Crippen LogP contribution in [0.15, 0.2) is 24.3 Å². The predicted octanol–water partition coefficient (Wildman–Crippen LogP) is 2.80. The monoisotopic (exact) mass is 353 g/mol. The Morgan fingerprint density at radius 1 is 1.04 bits per heavy atom. The van der Waals surface area contributed by atoms with Crippen molar-refractivity contribution in [1.29, 1.82) is 5.26 Å². The van der Waals surface area contributed by atoms with E-state index in [0.717, 1.165) is 57.2 Å². The highest BCUT2D eigenvalue weighted by molar-refractivity contribution is 5.80. The Kier molecular flexibility index (Phi) is 5.12. The first-order valence-corrected chi connectivity index (χ1v) is 9.92. The Hall–Kier alpha value is -2.06. The number of ether oxygens (including phenoxy) is 1. The molecule has 0 radical (unpaired) electrons. The molecule has 1 saturated heterocycles. The van der Waals surface area contributed by atoms with E-state index < -0.39 is 0 Å². The Morgan fingerprint density at radius 2 is 1.81 bits per heavy atom. The quantitative estimate of drug-likeness (QED) is 0.835. The number of carbonyl (C=O) groups excluding carboxylic acids is 1. The molecule has 0 aromatic heterocycles. The van der Waals surface area contributed by atoms with Crippen LogP contribution in [-0.4, -0.2) is 54.0 Å². The highest BCUT2D eigenvalue weighted by Gasteiger charge is 2.39. The van der Waals surface area contributed by atoms with Crippen LogP contribution in [0.3, 0.4) is 0 Å². The van der Waals surface area contributed by atoms with Gasteiger partial charge >= 0.3 is 0 Å². The van der Waals surface area contributed by atoms with E-state index in [4.69, 9.17) is 10.00 Å². The fourth-order valence-electron chi connectivity index (χ4n) is 4.20. The molecule has 0 spiro atoms. The van der Waals surface area contributed by atoms with E-state index in [2.05, 4.69) is 15.9 Å². The molecule has 5 heteroatoms. The lowest BCUT2D eigenvalue weighted by Gasteiger charge is -2.38. The molecule has 0 atom stereocenters. The van der Waals surface area contributed by atoms with E-state index in [1.54, 1.807) is 12.1 Å². The molecule has 0 bridgehead atoms. The Balaban J connectivity index is 1.23. The molecule has 26 heavy (non-hydrogen) atoms. The summed E-state index contributed by atoms with van der Waals surface area (Å²) in [6.45, 7) is 3.96. The molecule has 2 saturated carbocycles. The fourth-order valence-corrected chi connectivity index (χ4v) is 4.20. The van der Waals surface area contributed by atoms with Crippen LogP contribution in [0, 0.1) is 17.2 Å². The van der Waals surface area contributed by atoms with Gasteiger partial charge in [0.25, 0.3) is 0 Å². The van der Waals surface area contributed by atoms with Crippen LogP contribution in [0.5, 0.6) is 5.75 Å². The first-order valence-electron chi connectivity index (χ1n) is 9.92. The zero-order valence-corrected chi connectivity index (χ0v) is 15.3. The van der Waals surface area contributed by atoms with Gasteiger partial charge in [-0.1, -0.05) is 6.42 Å². The Bertz CT molecular complexity index is 671. The third-order valence-electron chi connectivity index (χ3n) is 6.16. The minimum atomic E-state index is 0.119. The summed E-state index contributed by atoms with van der Waals surface area (Å²) >= 11 is 0. The van der Waals surface area contributed by atoms with E-state index in [9.17, 15) is 4.79 Å². The van der Waals surface area contributed by atoms with Crippen LogP contribution >= 0.6 is 0 Å². The number of nitrogens with zero attached hydrogens (tertiary/aromatic N) is 3. The van der Waals surface area contributed by atoms with Gasteiger partial charge in [0.2, 0.25) is 5.91 Å². The van der Waals surface area contributed by atoms with E-state index in [0.29, 0.717) is 11.5 Å². The van der Waals surface area contributed by atoms with E-state index in [-0.39, 0.29) is 12.0 Å². The first-order chi connectivity index (χ1) is 12.7. The standard InChI is InChI=1S/C21H27N3O2/c22-15-16-5-7-19(8-6-16)26-20-13-17(14-20)21(25)24-10-2-9-23(11-12-24)18-3-1-4-18/h5-8,17-18,20H,1-4,9-14H2/t17-,20-. The fraction of sp³-hybridized carbons (Fsp3) is 0.619. The number of hydrogen-bond acceptors (Lipinski definition) is 4. The lowest BCUT2D eigenvalue weighted by molar-refractivity contribution is -0.141. The third kappa shape index (κ3) is 3.71. The molecular weight excluding hydrogens is 326 g/mol. The molecule has 1 aromatic carbocycles. The van der Waals surface area contributed by atoms with Crippen LogP contribution in [0.1, 0.15) is 44.1 Å². The summed E-state index contributed by atoms with van der Waals surface area (Å²) in [5.74, 6) is 1.22. The van der Waals surface area contributed by atoms with E-state index in [1.807, 2.05) is 12.1 Å². The maximum Gasteiger partial charge on any atom is 0.226 e. The van der Waals surface area contributed by atoms with Gasteiger partial charge in [-0.2, -0.15) is 5.26 Å². The van der Waals surface area contributed by atoms with Gasteiger partial charge < -0.3 is 9.64 Å². The maximum atomic E-state index is 12.8. The smallest absolute Gasteiger partial charge is 0.226 e. The number of hydrogen-bond donors (Lipinski definition) is 0.